The molecule has 0 N–H and O–H groups in total. The quantitative estimate of drug-likeness (QED) is 0.564. The molecule has 146 valence electrons. The Labute approximate surface area is 169 Å². The Morgan fingerprint density at radius 1 is 1.11 bits per heavy atom. The van der Waals surface area contributed by atoms with Crippen molar-refractivity contribution in [2.45, 2.75) is 29.8 Å². The number of aromatic nitrogens is 2. The fraction of sp³-hybridized carbons (Fsp3) is 0.364. The predicted octanol–water partition coefficient (Wildman–Crippen LogP) is 4.14. The smallest absolute Gasteiger partial charge is 0.240 e. The highest BCUT2D eigenvalue weighted by Crippen LogP contribution is 2.38. The highest BCUT2D eigenvalue weighted by atomic mass is 32.2. The van der Waals surface area contributed by atoms with Gasteiger partial charge in [-0.25, -0.2) is 4.98 Å². The third kappa shape index (κ3) is 3.93. The van der Waals surface area contributed by atoms with Gasteiger partial charge in [0.25, 0.3) is 0 Å². The molecule has 0 bridgehead atoms. The van der Waals surface area contributed by atoms with Crippen LogP contribution >= 0.6 is 11.8 Å². The van der Waals surface area contributed by atoms with Crippen LogP contribution in [0.3, 0.4) is 0 Å². The van der Waals surface area contributed by atoms with E-state index < -0.39 is 0 Å². The number of likely N-dealkylation sites (tertiary alicyclic amines) is 1. The lowest BCUT2D eigenvalue weighted by Crippen LogP contribution is -2.31. The first kappa shape index (κ1) is 19.0. The van der Waals surface area contributed by atoms with Crippen molar-refractivity contribution in [3.05, 3.63) is 60.2 Å². The van der Waals surface area contributed by atoms with E-state index in [2.05, 4.69) is 10.6 Å². The fourth-order valence-corrected chi connectivity index (χ4v) is 4.86. The summed E-state index contributed by atoms with van der Waals surface area (Å²) in [5.74, 6) is 0.180. The van der Waals surface area contributed by atoms with Gasteiger partial charge in [0.2, 0.25) is 5.91 Å². The maximum Gasteiger partial charge on any atom is 0.240 e. The molecule has 0 saturated carbocycles. The van der Waals surface area contributed by atoms with E-state index >= 15 is 0 Å². The van der Waals surface area contributed by atoms with Crippen LogP contribution in [0.4, 0.5) is 0 Å². The molecule has 1 unspecified atom stereocenters. The highest BCUT2D eigenvalue weighted by Gasteiger charge is 2.30. The van der Waals surface area contributed by atoms with E-state index in [-0.39, 0.29) is 11.2 Å². The fourth-order valence-electron chi connectivity index (χ4n) is 3.64. The molecule has 0 aliphatic carbocycles. The van der Waals surface area contributed by atoms with E-state index in [1.807, 2.05) is 53.4 Å². The molecule has 3 aromatic rings. The molecule has 5 nitrogen and oxygen atoms in total. The van der Waals surface area contributed by atoms with Crippen molar-refractivity contribution in [2.24, 2.45) is 0 Å². The van der Waals surface area contributed by atoms with Crippen molar-refractivity contribution >= 4 is 28.7 Å². The molecule has 1 amide bonds. The first-order valence-electron chi connectivity index (χ1n) is 9.72. The van der Waals surface area contributed by atoms with Gasteiger partial charge >= 0.3 is 0 Å². The Morgan fingerprint density at radius 2 is 1.82 bits per heavy atom. The average Bonchev–Trinajstić information content (AvgIpc) is 3.39. The predicted molar refractivity (Wildman–Crippen MR) is 112 cm³/mol. The number of ether oxygens (including phenoxy) is 1. The van der Waals surface area contributed by atoms with Crippen molar-refractivity contribution in [1.82, 2.24) is 14.5 Å². The van der Waals surface area contributed by atoms with E-state index in [0.717, 1.165) is 47.7 Å². The molecule has 1 fully saturated rings. The molecule has 1 atom stereocenters. The zero-order valence-electron chi connectivity index (χ0n) is 16.1. The van der Waals surface area contributed by atoms with E-state index in [0.29, 0.717) is 13.2 Å². The number of methoxy groups -OCH3 is 1. The second-order valence-electron chi connectivity index (χ2n) is 6.97. The van der Waals surface area contributed by atoms with Gasteiger partial charge in [-0.3, -0.25) is 4.79 Å². The number of benzene rings is 2. The molecule has 2 aromatic carbocycles. The highest BCUT2D eigenvalue weighted by molar-refractivity contribution is 8.00. The third-order valence-corrected chi connectivity index (χ3v) is 6.34. The topological polar surface area (TPSA) is 47.4 Å². The third-order valence-electron chi connectivity index (χ3n) is 5.11. The number of carbonyl (C=O) groups excluding carboxylic acids is 1. The van der Waals surface area contributed by atoms with Crippen molar-refractivity contribution in [1.29, 1.82) is 0 Å². The standard InChI is InChI=1S/C22H25N3O2S/c1-27-16-15-25-19-12-6-5-11-18(19)23-22(25)28-20(17-9-3-2-4-10-17)21(26)24-13-7-8-14-24/h2-6,9-12,20H,7-8,13-16H2,1H3. The van der Waals surface area contributed by atoms with Crippen LogP contribution in [0, 0.1) is 0 Å². The summed E-state index contributed by atoms with van der Waals surface area (Å²) in [6.45, 7) is 3.01. The number of imidazole rings is 1. The Kier molecular flexibility index (Phi) is 5.98. The van der Waals surface area contributed by atoms with Gasteiger partial charge in [-0.05, 0) is 30.5 Å². The number of amides is 1. The summed E-state index contributed by atoms with van der Waals surface area (Å²) in [6.07, 6.45) is 2.18. The van der Waals surface area contributed by atoms with Crippen LogP contribution in [0.1, 0.15) is 23.7 Å². The average molecular weight is 396 g/mol. The molecule has 6 heteroatoms. The minimum atomic E-state index is -0.294. The van der Waals surface area contributed by atoms with Crippen LogP contribution in [0.15, 0.2) is 59.8 Å². The second-order valence-corrected chi connectivity index (χ2v) is 8.04. The van der Waals surface area contributed by atoms with Crippen molar-refractivity contribution < 1.29 is 9.53 Å². The zero-order valence-corrected chi connectivity index (χ0v) is 16.9. The summed E-state index contributed by atoms with van der Waals surface area (Å²) >= 11 is 1.54. The summed E-state index contributed by atoms with van der Waals surface area (Å²) in [6, 6.07) is 18.1. The number of para-hydroxylation sites is 2. The number of hydrogen-bond donors (Lipinski definition) is 0. The van der Waals surface area contributed by atoms with Crippen LogP contribution in [0.2, 0.25) is 0 Å². The summed E-state index contributed by atoms with van der Waals surface area (Å²) < 4.78 is 7.47. The number of rotatable bonds is 7. The number of hydrogen-bond acceptors (Lipinski definition) is 4. The summed E-state index contributed by atoms with van der Waals surface area (Å²) in [4.78, 5) is 20.2. The van der Waals surface area contributed by atoms with Gasteiger partial charge in [0.05, 0.1) is 17.6 Å². The van der Waals surface area contributed by atoms with Gasteiger partial charge in [0.1, 0.15) is 5.25 Å². The molecular formula is C22H25N3O2S. The van der Waals surface area contributed by atoms with Crippen molar-refractivity contribution in [3.8, 4) is 0 Å². The van der Waals surface area contributed by atoms with Crippen LogP contribution in [-0.4, -0.2) is 47.2 Å². The van der Waals surface area contributed by atoms with E-state index in [1.54, 1.807) is 18.9 Å². The van der Waals surface area contributed by atoms with Crippen LogP contribution in [-0.2, 0) is 16.1 Å². The molecule has 1 aromatic heterocycles. The number of carbonyl (C=O) groups is 1. The minimum absolute atomic E-state index is 0.180. The minimum Gasteiger partial charge on any atom is -0.383 e. The largest absolute Gasteiger partial charge is 0.383 e. The normalized spacial score (nSPS) is 15.2. The Bertz CT molecular complexity index is 935. The maximum absolute atomic E-state index is 13.3. The lowest BCUT2D eigenvalue weighted by Gasteiger charge is -2.23. The zero-order chi connectivity index (χ0) is 19.3. The summed E-state index contributed by atoms with van der Waals surface area (Å²) in [5, 5.41) is 0.567. The molecule has 4 rings (SSSR count). The first-order chi connectivity index (χ1) is 13.8. The monoisotopic (exact) mass is 395 g/mol. The van der Waals surface area contributed by atoms with E-state index in [1.165, 1.54) is 0 Å². The Hall–Kier alpha value is -2.31. The van der Waals surface area contributed by atoms with Gasteiger partial charge < -0.3 is 14.2 Å². The summed E-state index contributed by atoms with van der Waals surface area (Å²) in [5.41, 5.74) is 3.04. The number of fused-ring (bicyclic) bond motifs is 1. The number of thioether (sulfide) groups is 1. The van der Waals surface area contributed by atoms with Gasteiger partial charge in [-0.1, -0.05) is 54.2 Å². The van der Waals surface area contributed by atoms with Gasteiger partial charge in [-0.2, -0.15) is 0 Å². The van der Waals surface area contributed by atoms with Crippen LogP contribution in [0.5, 0.6) is 0 Å². The van der Waals surface area contributed by atoms with Crippen LogP contribution in [0.25, 0.3) is 11.0 Å². The number of nitrogens with zero attached hydrogens (tertiary/aromatic N) is 3. The van der Waals surface area contributed by atoms with Crippen molar-refractivity contribution in [2.75, 3.05) is 26.8 Å². The lowest BCUT2D eigenvalue weighted by atomic mass is 10.1. The van der Waals surface area contributed by atoms with E-state index in [4.69, 9.17) is 9.72 Å². The molecule has 1 saturated heterocycles. The van der Waals surface area contributed by atoms with Gasteiger partial charge in [0.15, 0.2) is 5.16 Å². The van der Waals surface area contributed by atoms with Crippen LogP contribution < -0.4 is 0 Å². The van der Waals surface area contributed by atoms with Gasteiger partial charge in [-0.15, -0.1) is 0 Å². The van der Waals surface area contributed by atoms with E-state index in [9.17, 15) is 4.79 Å². The lowest BCUT2D eigenvalue weighted by molar-refractivity contribution is -0.129. The molecule has 28 heavy (non-hydrogen) atoms. The maximum atomic E-state index is 13.3. The molecule has 2 heterocycles. The second kappa shape index (κ2) is 8.80. The van der Waals surface area contributed by atoms with Crippen molar-refractivity contribution in [3.63, 3.8) is 0 Å². The molecule has 0 radical (unpaired) electrons. The molecule has 0 spiro atoms. The van der Waals surface area contributed by atoms with Gasteiger partial charge in [0, 0.05) is 26.7 Å². The molecule has 1 aliphatic heterocycles. The molecular weight excluding hydrogens is 370 g/mol. The first-order valence-corrected chi connectivity index (χ1v) is 10.6. The SMILES string of the molecule is COCCn1c(SC(C(=O)N2CCCC2)c2ccccc2)nc2ccccc21. The molecule has 1 aliphatic rings. The Balaban J connectivity index is 1.71. The summed E-state index contributed by atoms with van der Waals surface area (Å²) in [7, 11) is 1.70. The Morgan fingerprint density at radius 3 is 2.57 bits per heavy atom.